The molecule has 0 spiro atoms. The first kappa shape index (κ1) is 13.6. The number of ether oxygens (including phenoxy) is 1. The van der Waals surface area contributed by atoms with Gasteiger partial charge in [0, 0.05) is 17.7 Å². The molecule has 4 heteroatoms. The van der Waals surface area contributed by atoms with Gasteiger partial charge in [0.2, 0.25) is 0 Å². The molecule has 0 saturated heterocycles. The fraction of sp³-hybridized carbons (Fsp3) is 0.308. The Hall–Kier alpha value is -1.44. The Morgan fingerprint density at radius 3 is 3.06 bits per heavy atom. The summed E-state index contributed by atoms with van der Waals surface area (Å²) in [5.41, 5.74) is 1.30. The summed E-state index contributed by atoms with van der Waals surface area (Å²) in [6.07, 6.45) is 1.58. The van der Waals surface area contributed by atoms with E-state index in [9.17, 15) is 4.79 Å². The highest BCUT2D eigenvalue weighted by atomic mass is 32.2. The van der Waals surface area contributed by atoms with Crippen molar-refractivity contribution in [2.24, 2.45) is 0 Å². The van der Waals surface area contributed by atoms with Crippen molar-refractivity contribution >= 4 is 18.0 Å². The lowest BCUT2D eigenvalue weighted by atomic mass is 10.1. The molecule has 0 heterocycles. The molecular formula is C13H14O3S. The second kappa shape index (κ2) is 7.77. The predicted molar refractivity (Wildman–Crippen MR) is 69.0 cm³/mol. The van der Waals surface area contributed by atoms with Crippen LogP contribution in [0, 0.1) is 11.8 Å². The van der Waals surface area contributed by atoms with E-state index in [4.69, 9.17) is 4.55 Å². The fourth-order valence-electron chi connectivity index (χ4n) is 1.23. The molecule has 1 aromatic rings. The van der Waals surface area contributed by atoms with Crippen molar-refractivity contribution in [2.45, 2.75) is 12.8 Å². The lowest BCUT2D eigenvalue weighted by Crippen LogP contribution is -2.00. The van der Waals surface area contributed by atoms with Gasteiger partial charge >= 0.3 is 5.97 Å². The van der Waals surface area contributed by atoms with Gasteiger partial charge in [-0.2, -0.15) is 0 Å². The van der Waals surface area contributed by atoms with Crippen molar-refractivity contribution in [3.63, 3.8) is 0 Å². The Balaban J connectivity index is 2.62. The molecule has 0 aliphatic heterocycles. The monoisotopic (exact) mass is 250 g/mol. The zero-order valence-electron chi connectivity index (χ0n) is 9.60. The zero-order valence-corrected chi connectivity index (χ0v) is 10.4. The molecule has 1 aromatic carbocycles. The molecular weight excluding hydrogens is 236 g/mol. The number of unbranched alkanes of at least 4 members (excludes halogenated alkanes) is 1. The molecule has 1 N–H and O–H groups in total. The molecule has 0 aliphatic rings. The number of methoxy groups -OCH3 is 1. The average molecular weight is 250 g/mol. The largest absolute Gasteiger partial charge is 0.465 e. The summed E-state index contributed by atoms with van der Waals surface area (Å²) in [5, 5.41) is 0. The van der Waals surface area contributed by atoms with Crippen molar-refractivity contribution < 1.29 is 14.1 Å². The first-order valence-corrected chi connectivity index (χ1v) is 6.16. The quantitative estimate of drug-likeness (QED) is 0.386. The van der Waals surface area contributed by atoms with Crippen LogP contribution in [0.2, 0.25) is 0 Å². The van der Waals surface area contributed by atoms with E-state index < -0.39 is 0 Å². The summed E-state index contributed by atoms with van der Waals surface area (Å²) in [5.74, 6) is 6.30. The predicted octanol–water partition coefficient (Wildman–Crippen LogP) is 2.81. The van der Waals surface area contributed by atoms with Crippen LogP contribution >= 0.6 is 12.0 Å². The van der Waals surface area contributed by atoms with Gasteiger partial charge in [-0.3, -0.25) is 0 Å². The second-order valence-corrected chi connectivity index (χ2v) is 3.98. The number of carbonyl (C=O) groups excluding carboxylic acids is 1. The SMILES string of the molecule is COC(=O)c1cccc(C#CCCCSO)c1. The molecule has 0 bridgehead atoms. The Kier molecular flexibility index (Phi) is 6.23. The highest BCUT2D eigenvalue weighted by Gasteiger charge is 2.03. The third-order valence-corrected chi connectivity index (χ3v) is 2.53. The van der Waals surface area contributed by atoms with Gasteiger partial charge < -0.3 is 9.29 Å². The topological polar surface area (TPSA) is 46.5 Å². The maximum Gasteiger partial charge on any atom is 0.337 e. The molecule has 0 radical (unpaired) electrons. The van der Waals surface area contributed by atoms with E-state index in [1.807, 2.05) is 6.07 Å². The third-order valence-electron chi connectivity index (χ3n) is 2.05. The minimum atomic E-state index is -0.356. The Bertz CT molecular complexity index is 432. The lowest BCUT2D eigenvalue weighted by Gasteiger charge is -1.98. The molecule has 0 atom stereocenters. The molecule has 0 aromatic heterocycles. The van der Waals surface area contributed by atoms with Gasteiger partial charge in [-0.15, -0.1) is 0 Å². The summed E-state index contributed by atoms with van der Waals surface area (Å²) in [7, 11) is 1.35. The van der Waals surface area contributed by atoms with E-state index in [0.717, 1.165) is 30.4 Å². The summed E-state index contributed by atoms with van der Waals surface area (Å²) in [6.45, 7) is 0. The first-order valence-electron chi connectivity index (χ1n) is 5.21. The highest BCUT2D eigenvalue weighted by molar-refractivity contribution is 7.93. The Morgan fingerprint density at radius 1 is 1.53 bits per heavy atom. The van der Waals surface area contributed by atoms with Crippen LogP contribution in [0.3, 0.4) is 0 Å². The molecule has 17 heavy (non-hydrogen) atoms. The van der Waals surface area contributed by atoms with E-state index in [2.05, 4.69) is 16.6 Å². The number of rotatable bonds is 4. The number of benzene rings is 1. The summed E-state index contributed by atoms with van der Waals surface area (Å²) in [4.78, 5) is 11.3. The van der Waals surface area contributed by atoms with Gasteiger partial charge in [0.1, 0.15) is 0 Å². The minimum Gasteiger partial charge on any atom is -0.465 e. The van der Waals surface area contributed by atoms with E-state index in [1.165, 1.54) is 7.11 Å². The van der Waals surface area contributed by atoms with E-state index in [-0.39, 0.29) is 5.97 Å². The van der Waals surface area contributed by atoms with Crippen LogP contribution in [-0.4, -0.2) is 23.4 Å². The highest BCUT2D eigenvalue weighted by Crippen LogP contribution is 2.05. The summed E-state index contributed by atoms with van der Waals surface area (Å²) < 4.78 is 13.2. The van der Waals surface area contributed by atoms with Crippen molar-refractivity contribution in [2.75, 3.05) is 12.9 Å². The van der Waals surface area contributed by atoms with Crippen LogP contribution in [0.1, 0.15) is 28.8 Å². The van der Waals surface area contributed by atoms with E-state index in [1.54, 1.807) is 18.2 Å². The molecule has 0 amide bonds. The van der Waals surface area contributed by atoms with Crippen LogP contribution < -0.4 is 0 Å². The lowest BCUT2D eigenvalue weighted by molar-refractivity contribution is 0.0600. The van der Waals surface area contributed by atoms with Gasteiger partial charge in [0.25, 0.3) is 0 Å². The number of carbonyl (C=O) groups is 1. The Morgan fingerprint density at radius 2 is 2.35 bits per heavy atom. The molecule has 1 rings (SSSR count). The maximum atomic E-state index is 11.3. The molecule has 0 unspecified atom stereocenters. The average Bonchev–Trinajstić information content (AvgIpc) is 2.38. The van der Waals surface area contributed by atoms with Crippen LogP contribution in [0.5, 0.6) is 0 Å². The van der Waals surface area contributed by atoms with Crippen molar-refractivity contribution in [1.82, 2.24) is 0 Å². The van der Waals surface area contributed by atoms with E-state index >= 15 is 0 Å². The van der Waals surface area contributed by atoms with Crippen molar-refractivity contribution in [3.05, 3.63) is 35.4 Å². The smallest absolute Gasteiger partial charge is 0.337 e. The van der Waals surface area contributed by atoms with Crippen molar-refractivity contribution in [1.29, 1.82) is 0 Å². The van der Waals surface area contributed by atoms with Crippen LogP contribution in [0.15, 0.2) is 24.3 Å². The van der Waals surface area contributed by atoms with Crippen molar-refractivity contribution in [3.8, 4) is 11.8 Å². The molecule has 3 nitrogen and oxygen atoms in total. The molecule has 0 aliphatic carbocycles. The normalized spacial score (nSPS) is 9.29. The standard InChI is InChI=1S/C13H14O3S/c1-16-13(14)12-8-5-7-11(10-12)6-3-2-4-9-17-15/h5,7-8,10,15H,2,4,9H2,1H3. The molecule has 90 valence electrons. The van der Waals surface area contributed by atoms with Crippen LogP contribution in [-0.2, 0) is 4.74 Å². The van der Waals surface area contributed by atoms with Gasteiger partial charge in [0.05, 0.1) is 12.7 Å². The van der Waals surface area contributed by atoms with E-state index in [0.29, 0.717) is 11.3 Å². The van der Waals surface area contributed by atoms with Gasteiger partial charge in [-0.1, -0.05) is 17.9 Å². The minimum absolute atomic E-state index is 0.356. The van der Waals surface area contributed by atoms with Gasteiger partial charge in [-0.25, -0.2) is 4.79 Å². The van der Waals surface area contributed by atoms with Gasteiger partial charge in [0.15, 0.2) is 0 Å². The first-order chi connectivity index (χ1) is 8.27. The number of hydrogen-bond donors (Lipinski definition) is 1. The summed E-state index contributed by atoms with van der Waals surface area (Å²) >= 11 is 0.828. The maximum absolute atomic E-state index is 11.3. The van der Waals surface area contributed by atoms with Crippen LogP contribution in [0.4, 0.5) is 0 Å². The third kappa shape index (κ3) is 4.94. The Labute approximate surface area is 105 Å². The zero-order chi connectivity index (χ0) is 12.5. The number of hydrogen-bond acceptors (Lipinski definition) is 4. The summed E-state index contributed by atoms with van der Waals surface area (Å²) in [6, 6.07) is 7.03. The molecule has 0 saturated carbocycles. The fourth-order valence-corrected chi connectivity index (χ4v) is 1.50. The molecule has 0 fully saturated rings. The van der Waals surface area contributed by atoms with Crippen LogP contribution in [0.25, 0.3) is 0 Å². The van der Waals surface area contributed by atoms with Gasteiger partial charge in [-0.05, 0) is 36.7 Å². The second-order valence-electron chi connectivity index (χ2n) is 3.31. The number of esters is 1.